The fourth-order valence-electron chi connectivity index (χ4n) is 1.48. The highest BCUT2D eigenvalue weighted by Crippen LogP contribution is 2.25. The molecule has 0 spiro atoms. The third kappa shape index (κ3) is 3.93. The quantitative estimate of drug-likeness (QED) is 0.613. The Hall–Kier alpha value is -1.10. The first-order valence-electron chi connectivity index (χ1n) is 6.07. The normalized spacial score (nSPS) is 13.9. The Morgan fingerprint density at radius 1 is 1.21 bits per heavy atom. The first kappa shape index (κ1) is 14.3. The summed E-state index contributed by atoms with van der Waals surface area (Å²) >= 11 is 0.500. The average Bonchev–Trinajstić information content (AvgIpc) is 2.89. The fraction of sp³-hybridized carbons (Fsp3) is 0.267. The van der Waals surface area contributed by atoms with Crippen LogP contribution in [0.15, 0.2) is 46.2 Å². The van der Waals surface area contributed by atoms with Crippen LogP contribution in [0, 0.1) is 0 Å². The highest BCUT2D eigenvalue weighted by Gasteiger charge is 2.25. The Morgan fingerprint density at radius 3 is 2.63 bits per heavy atom. The van der Waals surface area contributed by atoms with Crippen molar-refractivity contribution in [3.63, 3.8) is 0 Å². The Balaban J connectivity index is 2.18. The van der Waals surface area contributed by atoms with Gasteiger partial charge in [-0.15, -0.1) is 11.3 Å². The number of thiophene rings is 1. The van der Waals surface area contributed by atoms with Crippen molar-refractivity contribution in [1.29, 1.82) is 0 Å². The molecular formula is C15H17NOS2. The molecule has 0 aliphatic rings. The van der Waals surface area contributed by atoms with Gasteiger partial charge in [-0.25, -0.2) is 0 Å². The number of hydrogen-bond acceptors (Lipinski definition) is 3. The molecule has 100 valence electrons. The Labute approximate surface area is 121 Å². The molecule has 4 heteroatoms. The van der Waals surface area contributed by atoms with Gasteiger partial charge in [0.1, 0.15) is 16.1 Å². The molecule has 0 N–H and O–H groups in total. The maximum Gasteiger partial charge on any atom is 0.144 e. The van der Waals surface area contributed by atoms with Crippen LogP contribution in [0.4, 0.5) is 0 Å². The van der Waals surface area contributed by atoms with Crippen molar-refractivity contribution in [3.05, 3.63) is 47.3 Å². The second kappa shape index (κ2) is 5.90. The molecule has 2 nitrogen and oxygen atoms in total. The Kier molecular flexibility index (Phi) is 4.45. The third-order valence-corrected chi connectivity index (χ3v) is 4.78. The second-order valence-electron chi connectivity index (χ2n) is 5.20. The molecule has 0 saturated carbocycles. The summed E-state index contributed by atoms with van der Waals surface area (Å²) in [7, 11) is 0. The van der Waals surface area contributed by atoms with E-state index in [9.17, 15) is 4.55 Å². The summed E-state index contributed by atoms with van der Waals surface area (Å²) in [5, 5.41) is 2.06. The standard InChI is InChI=1S/C15H17NOS2/c1-15(2,3)19(17)16-11-12-6-4-7-13(10-12)14-8-5-9-18-14/h4-11H,1-3H3/b16-11+. The molecule has 2 rings (SSSR count). The van der Waals surface area contributed by atoms with Gasteiger partial charge in [-0.2, -0.15) is 0 Å². The molecule has 1 atom stereocenters. The van der Waals surface area contributed by atoms with Crippen LogP contribution in [0.1, 0.15) is 26.3 Å². The van der Waals surface area contributed by atoms with Crippen LogP contribution < -0.4 is 0 Å². The summed E-state index contributed by atoms with van der Waals surface area (Å²) in [5.74, 6) is 0. The molecule has 1 aromatic heterocycles. The number of benzene rings is 1. The maximum atomic E-state index is 11.9. The van der Waals surface area contributed by atoms with E-state index >= 15 is 0 Å². The summed E-state index contributed by atoms with van der Waals surface area (Å²) in [5.41, 5.74) is 2.14. The lowest BCUT2D eigenvalue weighted by atomic mass is 10.1. The highest BCUT2D eigenvalue weighted by atomic mass is 32.2. The van der Waals surface area contributed by atoms with E-state index < -0.39 is 11.4 Å². The predicted molar refractivity (Wildman–Crippen MR) is 85.2 cm³/mol. The SMILES string of the molecule is CC(C)(C)[S+]([O-])/N=C/c1cccc(-c2cccs2)c1. The van der Waals surface area contributed by atoms with Crippen LogP contribution in [-0.4, -0.2) is 15.5 Å². The first-order chi connectivity index (χ1) is 8.97. The van der Waals surface area contributed by atoms with Gasteiger partial charge in [0.2, 0.25) is 0 Å². The zero-order valence-corrected chi connectivity index (χ0v) is 12.9. The van der Waals surface area contributed by atoms with Gasteiger partial charge >= 0.3 is 0 Å². The van der Waals surface area contributed by atoms with Gasteiger partial charge in [0.25, 0.3) is 0 Å². The smallest absolute Gasteiger partial charge is 0.144 e. The van der Waals surface area contributed by atoms with E-state index in [-0.39, 0.29) is 4.75 Å². The third-order valence-electron chi connectivity index (χ3n) is 2.51. The maximum absolute atomic E-state index is 11.9. The summed E-state index contributed by atoms with van der Waals surface area (Å²) in [6.07, 6.45) is 1.69. The molecule has 1 aromatic carbocycles. The molecular weight excluding hydrogens is 274 g/mol. The molecule has 1 heterocycles. The van der Waals surface area contributed by atoms with Crippen LogP contribution in [0.25, 0.3) is 10.4 Å². The van der Waals surface area contributed by atoms with Gasteiger partial charge in [0.15, 0.2) is 0 Å². The van der Waals surface area contributed by atoms with E-state index in [1.165, 1.54) is 10.4 Å². The largest absolute Gasteiger partial charge is 0.591 e. The fourth-order valence-corrected chi connectivity index (χ4v) is 2.74. The lowest BCUT2D eigenvalue weighted by Crippen LogP contribution is -2.25. The molecule has 0 amide bonds. The van der Waals surface area contributed by atoms with Crippen LogP contribution in [-0.2, 0) is 11.4 Å². The van der Waals surface area contributed by atoms with Gasteiger partial charge in [0, 0.05) is 4.88 Å². The minimum Gasteiger partial charge on any atom is -0.591 e. The van der Waals surface area contributed by atoms with Crippen LogP contribution in [0.3, 0.4) is 0 Å². The minimum atomic E-state index is -1.21. The van der Waals surface area contributed by atoms with Crippen molar-refractivity contribution in [2.75, 3.05) is 0 Å². The topological polar surface area (TPSA) is 35.4 Å². The van der Waals surface area contributed by atoms with Crippen LogP contribution >= 0.6 is 11.3 Å². The van der Waals surface area contributed by atoms with E-state index in [4.69, 9.17) is 0 Å². The van der Waals surface area contributed by atoms with Crippen molar-refractivity contribution >= 4 is 28.9 Å². The molecule has 0 bridgehead atoms. The summed E-state index contributed by atoms with van der Waals surface area (Å²) in [4.78, 5) is 1.23. The molecule has 0 fully saturated rings. The van der Waals surface area contributed by atoms with Crippen molar-refractivity contribution < 1.29 is 4.55 Å². The molecule has 0 radical (unpaired) electrons. The number of nitrogens with zero attached hydrogens (tertiary/aromatic N) is 1. The van der Waals surface area contributed by atoms with Crippen molar-refractivity contribution in [1.82, 2.24) is 0 Å². The predicted octanol–water partition coefficient (Wildman–Crippen LogP) is 4.30. The van der Waals surface area contributed by atoms with Gasteiger partial charge in [0.05, 0.1) is 6.21 Å². The van der Waals surface area contributed by atoms with Gasteiger partial charge in [-0.1, -0.05) is 28.7 Å². The molecule has 1 unspecified atom stereocenters. The van der Waals surface area contributed by atoms with Gasteiger partial charge < -0.3 is 4.55 Å². The van der Waals surface area contributed by atoms with E-state index in [0.29, 0.717) is 0 Å². The lowest BCUT2D eigenvalue weighted by molar-refractivity contribution is 0.562. The van der Waals surface area contributed by atoms with Crippen molar-refractivity contribution in [3.8, 4) is 10.4 Å². The Morgan fingerprint density at radius 2 is 2.00 bits per heavy atom. The van der Waals surface area contributed by atoms with E-state index in [1.54, 1.807) is 17.6 Å². The molecule has 0 aliphatic heterocycles. The number of rotatable bonds is 3. The molecule has 19 heavy (non-hydrogen) atoms. The molecule has 0 aliphatic carbocycles. The van der Waals surface area contributed by atoms with Crippen LogP contribution in [0.5, 0.6) is 0 Å². The molecule has 0 saturated heterocycles. The minimum absolute atomic E-state index is 0.318. The lowest BCUT2D eigenvalue weighted by Gasteiger charge is -2.17. The van der Waals surface area contributed by atoms with Crippen molar-refractivity contribution in [2.24, 2.45) is 4.40 Å². The van der Waals surface area contributed by atoms with E-state index in [1.807, 2.05) is 39.0 Å². The van der Waals surface area contributed by atoms with Crippen molar-refractivity contribution in [2.45, 2.75) is 25.5 Å². The summed E-state index contributed by atoms with van der Waals surface area (Å²) in [6, 6.07) is 12.2. The monoisotopic (exact) mass is 291 g/mol. The Bertz CT molecular complexity index is 556. The van der Waals surface area contributed by atoms with Gasteiger partial charge in [-0.3, -0.25) is 0 Å². The average molecular weight is 291 g/mol. The summed E-state index contributed by atoms with van der Waals surface area (Å²) < 4.78 is 15.7. The second-order valence-corrected chi connectivity index (χ2v) is 8.08. The van der Waals surface area contributed by atoms with Crippen LogP contribution in [0.2, 0.25) is 0 Å². The number of hydrogen-bond donors (Lipinski definition) is 0. The zero-order valence-electron chi connectivity index (χ0n) is 11.3. The first-order valence-corrected chi connectivity index (χ1v) is 8.05. The summed E-state index contributed by atoms with van der Waals surface area (Å²) in [6.45, 7) is 5.76. The molecule has 2 aromatic rings. The highest BCUT2D eigenvalue weighted by molar-refractivity contribution is 7.91. The van der Waals surface area contributed by atoms with Gasteiger partial charge in [-0.05, 0) is 49.4 Å². The zero-order chi connectivity index (χ0) is 13.9. The van der Waals surface area contributed by atoms with E-state index in [2.05, 4.69) is 28.0 Å². The van der Waals surface area contributed by atoms with E-state index in [0.717, 1.165) is 5.56 Å².